The summed E-state index contributed by atoms with van der Waals surface area (Å²) in [6.45, 7) is 3.95. The van der Waals surface area contributed by atoms with Gasteiger partial charge >= 0.3 is 6.09 Å². The molecule has 0 spiro atoms. The number of hydrogen-bond acceptors (Lipinski definition) is 5. The van der Waals surface area contributed by atoms with Gasteiger partial charge in [0.1, 0.15) is 6.61 Å². The average molecular weight is 230 g/mol. The van der Waals surface area contributed by atoms with Crippen molar-refractivity contribution in [2.75, 3.05) is 39.4 Å². The Balaban J connectivity index is 2.43. The third kappa shape index (κ3) is 3.46. The topological polar surface area (TPSA) is 70.1 Å². The minimum atomic E-state index is -0.564. The molecule has 1 saturated heterocycles. The van der Waals surface area contributed by atoms with Crippen LogP contribution in [0.5, 0.6) is 0 Å². The lowest BCUT2D eigenvalue weighted by Crippen LogP contribution is -2.42. The van der Waals surface area contributed by atoms with E-state index in [1.165, 1.54) is 0 Å². The molecule has 6 heteroatoms. The van der Waals surface area contributed by atoms with Gasteiger partial charge in [-0.1, -0.05) is 6.92 Å². The summed E-state index contributed by atoms with van der Waals surface area (Å²) in [5.74, 6) is -0.260. The summed E-state index contributed by atoms with van der Waals surface area (Å²) in [6.07, 6.45) is 0.336. The van der Waals surface area contributed by atoms with Crippen LogP contribution < -0.4 is 0 Å². The van der Waals surface area contributed by atoms with E-state index in [0.29, 0.717) is 13.1 Å². The van der Waals surface area contributed by atoms with Crippen LogP contribution in [0.25, 0.3) is 0 Å². The molecule has 6 nitrogen and oxygen atoms in total. The second-order valence-corrected chi connectivity index (χ2v) is 3.66. The molecule has 2 amide bonds. The lowest BCUT2D eigenvalue weighted by molar-refractivity contribution is -0.129. The molecular weight excluding hydrogens is 212 g/mol. The van der Waals surface area contributed by atoms with Crippen molar-refractivity contribution in [3.05, 3.63) is 0 Å². The van der Waals surface area contributed by atoms with Gasteiger partial charge in [0, 0.05) is 6.54 Å². The number of amides is 2. The highest BCUT2D eigenvalue weighted by atomic mass is 16.6. The van der Waals surface area contributed by atoms with Crippen LogP contribution in [0.15, 0.2) is 0 Å². The number of ether oxygens (including phenoxy) is 1. The van der Waals surface area contributed by atoms with Gasteiger partial charge in [0.05, 0.1) is 19.7 Å². The highest BCUT2D eigenvalue weighted by molar-refractivity contribution is 5.93. The second kappa shape index (κ2) is 6.44. The SMILES string of the molecule is CCCN(CCO)CC(=O)N1CCOC1=O. The fourth-order valence-electron chi connectivity index (χ4n) is 1.62. The summed E-state index contributed by atoms with van der Waals surface area (Å²) < 4.78 is 4.69. The summed E-state index contributed by atoms with van der Waals surface area (Å²) in [6, 6.07) is 0. The molecule has 1 aliphatic heterocycles. The van der Waals surface area contributed by atoms with E-state index >= 15 is 0 Å². The van der Waals surface area contributed by atoms with Crippen LogP contribution in [0.1, 0.15) is 13.3 Å². The van der Waals surface area contributed by atoms with E-state index in [0.717, 1.165) is 17.9 Å². The van der Waals surface area contributed by atoms with Crippen LogP contribution in [0.2, 0.25) is 0 Å². The smallest absolute Gasteiger partial charge is 0.416 e. The Bertz CT molecular complexity index is 251. The Morgan fingerprint density at radius 2 is 2.31 bits per heavy atom. The van der Waals surface area contributed by atoms with Crippen molar-refractivity contribution in [3.63, 3.8) is 0 Å². The van der Waals surface area contributed by atoms with Crippen LogP contribution in [-0.4, -0.2) is 66.3 Å². The van der Waals surface area contributed by atoms with Gasteiger partial charge in [0.15, 0.2) is 0 Å². The van der Waals surface area contributed by atoms with Gasteiger partial charge in [-0.2, -0.15) is 0 Å². The van der Waals surface area contributed by atoms with Gasteiger partial charge in [-0.05, 0) is 13.0 Å². The molecule has 1 N–H and O–H groups in total. The number of carbonyl (C=O) groups is 2. The first-order chi connectivity index (χ1) is 7.69. The fraction of sp³-hybridized carbons (Fsp3) is 0.800. The van der Waals surface area contributed by atoms with E-state index in [4.69, 9.17) is 5.11 Å². The lowest BCUT2D eigenvalue weighted by atomic mass is 10.3. The molecule has 0 unspecified atom stereocenters. The van der Waals surface area contributed by atoms with Crippen molar-refractivity contribution < 1.29 is 19.4 Å². The van der Waals surface area contributed by atoms with E-state index in [-0.39, 0.29) is 25.7 Å². The zero-order chi connectivity index (χ0) is 12.0. The molecule has 1 fully saturated rings. The molecule has 1 aliphatic rings. The second-order valence-electron chi connectivity index (χ2n) is 3.66. The Kier molecular flexibility index (Phi) is 5.21. The van der Waals surface area contributed by atoms with E-state index in [9.17, 15) is 9.59 Å². The molecule has 92 valence electrons. The van der Waals surface area contributed by atoms with Crippen molar-refractivity contribution in [1.82, 2.24) is 9.80 Å². The number of aliphatic hydroxyl groups excluding tert-OH is 1. The molecule has 0 aliphatic carbocycles. The molecule has 0 aromatic rings. The normalized spacial score (nSPS) is 15.7. The van der Waals surface area contributed by atoms with Crippen molar-refractivity contribution in [2.45, 2.75) is 13.3 Å². The van der Waals surface area contributed by atoms with E-state index in [2.05, 4.69) is 4.74 Å². The van der Waals surface area contributed by atoms with Gasteiger partial charge in [0.25, 0.3) is 0 Å². The monoisotopic (exact) mass is 230 g/mol. The number of carbonyl (C=O) groups excluding carboxylic acids is 2. The van der Waals surface area contributed by atoms with Crippen LogP contribution in [0.4, 0.5) is 4.79 Å². The summed E-state index contributed by atoms with van der Waals surface area (Å²) in [4.78, 5) is 25.8. The predicted octanol–water partition coefficient (Wildman–Crippen LogP) is -0.331. The number of rotatable bonds is 6. The van der Waals surface area contributed by atoms with E-state index < -0.39 is 6.09 Å². The third-order valence-corrected chi connectivity index (χ3v) is 2.38. The van der Waals surface area contributed by atoms with Gasteiger partial charge in [-0.25, -0.2) is 9.69 Å². The average Bonchev–Trinajstić information content (AvgIpc) is 2.65. The molecule has 1 heterocycles. The molecule has 1 rings (SSSR count). The molecule has 0 atom stereocenters. The predicted molar refractivity (Wildman–Crippen MR) is 56.9 cm³/mol. The molecular formula is C10H18N2O4. The third-order valence-electron chi connectivity index (χ3n) is 2.38. The van der Waals surface area contributed by atoms with Gasteiger partial charge < -0.3 is 9.84 Å². The first-order valence-corrected chi connectivity index (χ1v) is 5.49. The van der Waals surface area contributed by atoms with Gasteiger partial charge in [-0.15, -0.1) is 0 Å². The number of aliphatic hydroxyl groups is 1. The molecule has 0 aromatic carbocycles. The molecule has 0 radical (unpaired) electrons. The van der Waals surface area contributed by atoms with Gasteiger partial charge in [-0.3, -0.25) is 9.69 Å². The van der Waals surface area contributed by atoms with Gasteiger partial charge in [0.2, 0.25) is 5.91 Å². The quantitative estimate of drug-likeness (QED) is 0.676. The number of hydrogen-bond donors (Lipinski definition) is 1. The van der Waals surface area contributed by atoms with Crippen LogP contribution in [0, 0.1) is 0 Å². The minimum Gasteiger partial charge on any atom is -0.447 e. The Hall–Kier alpha value is -1.14. The van der Waals surface area contributed by atoms with E-state index in [1.807, 2.05) is 11.8 Å². The maximum absolute atomic E-state index is 11.7. The zero-order valence-electron chi connectivity index (χ0n) is 9.52. The van der Waals surface area contributed by atoms with Crippen molar-refractivity contribution in [1.29, 1.82) is 0 Å². The molecule has 0 aromatic heterocycles. The maximum Gasteiger partial charge on any atom is 0.416 e. The number of cyclic esters (lactones) is 1. The number of imide groups is 1. The summed E-state index contributed by atoms with van der Waals surface area (Å²) in [5, 5.41) is 8.84. The summed E-state index contributed by atoms with van der Waals surface area (Å²) in [7, 11) is 0. The van der Waals surface area contributed by atoms with E-state index in [1.54, 1.807) is 0 Å². The largest absolute Gasteiger partial charge is 0.447 e. The van der Waals surface area contributed by atoms with Crippen LogP contribution in [0.3, 0.4) is 0 Å². The lowest BCUT2D eigenvalue weighted by Gasteiger charge is -2.21. The molecule has 0 bridgehead atoms. The van der Waals surface area contributed by atoms with Crippen LogP contribution >= 0.6 is 0 Å². The zero-order valence-corrected chi connectivity index (χ0v) is 9.52. The fourth-order valence-corrected chi connectivity index (χ4v) is 1.62. The number of nitrogens with zero attached hydrogens (tertiary/aromatic N) is 2. The highest BCUT2D eigenvalue weighted by Crippen LogP contribution is 2.04. The minimum absolute atomic E-state index is 0.0116. The Morgan fingerprint density at radius 3 is 2.81 bits per heavy atom. The Morgan fingerprint density at radius 1 is 1.56 bits per heavy atom. The van der Waals surface area contributed by atoms with Crippen molar-refractivity contribution in [3.8, 4) is 0 Å². The standard InChI is InChI=1S/C10H18N2O4/c1-2-3-11(4-6-13)8-9(14)12-5-7-16-10(12)15/h13H,2-8H2,1H3. The summed E-state index contributed by atoms with van der Waals surface area (Å²) in [5.41, 5.74) is 0. The maximum atomic E-state index is 11.7. The molecule has 16 heavy (non-hydrogen) atoms. The van der Waals surface area contributed by atoms with Crippen LogP contribution in [-0.2, 0) is 9.53 Å². The highest BCUT2D eigenvalue weighted by Gasteiger charge is 2.28. The van der Waals surface area contributed by atoms with Crippen molar-refractivity contribution in [2.24, 2.45) is 0 Å². The first-order valence-electron chi connectivity index (χ1n) is 5.49. The molecule has 0 saturated carbocycles. The summed E-state index contributed by atoms with van der Waals surface area (Å²) >= 11 is 0. The Labute approximate surface area is 94.8 Å². The first kappa shape index (κ1) is 12.9. The van der Waals surface area contributed by atoms with Crippen molar-refractivity contribution >= 4 is 12.0 Å².